The average Bonchev–Trinajstić information content (AvgIpc) is 2.74. The number of carbonyl (C=O) groups is 3. The summed E-state index contributed by atoms with van der Waals surface area (Å²) in [6, 6.07) is 4.07. The highest BCUT2D eigenvalue weighted by molar-refractivity contribution is 5.98. The molecule has 0 aliphatic heterocycles. The van der Waals surface area contributed by atoms with E-state index < -0.39 is 11.9 Å². The van der Waals surface area contributed by atoms with Crippen LogP contribution in [-0.4, -0.2) is 62.5 Å². The van der Waals surface area contributed by atoms with Crippen molar-refractivity contribution in [2.24, 2.45) is 5.92 Å². The van der Waals surface area contributed by atoms with Crippen LogP contribution < -0.4 is 20.1 Å². The fourth-order valence-electron chi connectivity index (χ4n) is 2.90. The molecule has 0 aliphatic carbocycles. The number of benzene rings is 1. The molecule has 1 rings (SSSR count). The van der Waals surface area contributed by atoms with E-state index in [0.29, 0.717) is 36.6 Å². The second-order valence-corrected chi connectivity index (χ2v) is 7.41. The summed E-state index contributed by atoms with van der Waals surface area (Å²) in [5.41, 5.74) is 0.326. The van der Waals surface area contributed by atoms with Gasteiger partial charge in [-0.2, -0.15) is 0 Å². The number of rotatable bonds is 12. The van der Waals surface area contributed by atoms with Crippen LogP contribution in [-0.2, 0) is 9.59 Å². The molecule has 0 fully saturated rings. The molecule has 8 nitrogen and oxygen atoms in total. The fourth-order valence-corrected chi connectivity index (χ4v) is 2.90. The maximum Gasteiger partial charge on any atom is 0.252 e. The number of hydrogen-bond donors (Lipinski definition) is 2. The summed E-state index contributed by atoms with van der Waals surface area (Å²) in [5.74, 6) is -0.0934. The second-order valence-electron chi connectivity index (χ2n) is 7.41. The van der Waals surface area contributed by atoms with Gasteiger partial charge in [-0.05, 0) is 30.9 Å². The molecule has 1 aromatic rings. The number of nitrogens with zero attached hydrogens (tertiary/aromatic N) is 1. The van der Waals surface area contributed by atoms with Gasteiger partial charge in [0.15, 0.2) is 0 Å². The van der Waals surface area contributed by atoms with Crippen LogP contribution in [0, 0.1) is 5.92 Å². The standard InChI is InChI=1S/C22H35N3O5/c1-7-9-23-19(26)14-25(10-8-2)22(28)20(15(3)4)24-21(27)16-11-17(29-5)13-18(12-16)30-6/h11-13,15,20H,7-10,14H2,1-6H3,(H,23,26)(H,24,27). The Morgan fingerprint density at radius 2 is 1.60 bits per heavy atom. The van der Waals surface area contributed by atoms with Gasteiger partial charge in [0, 0.05) is 24.7 Å². The van der Waals surface area contributed by atoms with Crippen LogP contribution >= 0.6 is 0 Å². The number of methoxy groups -OCH3 is 2. The summed E-state index contributed by atoms with van der Waals surface area (Å²) in [5, 5.41) is 5.61. The third-order valence-electron chi connectivity index (χ3n) is 4.54. The maximum absolute atomic E-state index is 13.2. The van der Waals surface area contributed by atoms with Crippen LogP contribution in [0.2, 0.25) is 0 Å². The second kappa shape index (κ2) is 12.7. The van der Waals surface area contributed by atoms with E-state index in [0.717, 1.165) is 6.42 Å². The zero-order valence-electron chi connectivity index (χ0n) is 18.9. The molecule has 0 saturated heterocycles. The Morgan fingerprint density at radius 3 is 2.07 bits per heavy atom. The molecule has 0 bridgehead atoms. The third kappa shape index (κ3) is 7.57. The van der Waals surface area contributed by atoms with Crippen molar-refractivity contribution in [2.75, 3.05) is 33.9 Å². The Kier molecular flexibility index (Phi) is 10.7. The van der Waals surface area contributed by atoms with Crippen LogP contribution in [0.5, 0.6) is 11.5 Å². The molecule has 1 unspecified atom stereocenters. The van der Waals surface area contributed by atoms with Crippen molar-refractivity contribution < 1.29 is 23.9 Å². The molecular formula is C22H35N3O5. The molecule has 0 aromatic heterocycles. The highest BCUT2D eigenvalue weighted by atomic mass is 16.5. The van der Waals surface area contributed by atoms with E-state index in [1.165, 1.54) is 19.1 Å². The Bertz CT molecular complexity index is 698. The van der Waals surface area contributed by atoms with E-state index >= 15 is 0 Å². The quantitative estimate of drug-likeness (QED) is 0.539. The minimum Gasteiger partial charge on any atom is -0.497 e. The number of amides is 3. The van der Waals surface area contributed by atoms with Gasteiger partial charge in [0.2, 0.25) is 11.8 Å². The highest BCUT2D eigenvalue weighted by Crippen LogP contribution is 2.22. The van der Waals surface area contributed by atoms with Gasteiger partial charge in [0.1, 0.15) is 17.5 Å². The van der Waals surface area contributed by atoms with E-state index in [4.69, 9.17) is 9.47 Å². The van der Waals surface area contributed by atoms with Crippen LogP contribution in [0.3, 0.4) is 0 Å². The van der Waals surface area contributed by atoms with Gasteiger partial charge >= 0.3 is 0 Å². The van der Waals surface area contributed by atoms with Crippen LogP contribution in [0.25, 0.3) is 0 Å². The predicted molar refractivity (Wildman–Crippen MR) is 116 cm³/mol. The van der Waals surface area contributed by atoms with Gasteiger partial charge in [0.05, 0.1) is 20.8 Å². The molecule has 3 amide bonds. The SMILES string of the molecule is CCCNC(=O)CN(CCC)C(=O)C(NC(=O)c1cc(OC)cc(OC)c1)C(C)C. The first kappa shape index (κ1) is 25.3. The summed E-state index contributed by atoms with van der Waals surface area (Å²) in [4.78, 5) is 39.7. The van der Waals surface area contributed by atoms with Crippen molar-refractivity contribution in [2.45, 2.75) is 46.6 Å². The van der Waals surface area contributed by atoms with Gasteiger partial charge in [-0.25, -0.2) is 0 Å². The Hall–Kier alpha value is -2.77. The van der Waals surface area contributed by atoms with Gasteiger partial charge in [0.25, 0.3) is 5.91 Å². The molecular weight excluding hydrogens is 386 g/mol. The van der Waals surface area contributed by atoms with Crippen molar-refractivity contribution in [1.82, 2.24) is 15.5 Å². The summed E-state index contributed by atoms with van der Waals surface area (Å²) in [7, 11) is 3.01. The van der Waals surface area contributed by atoms with E-state index in [1.807, 2.05) is 27.7 Å². The fraction of sp³-hybridized carbons (Fsp3) is 0.591. The smallest absolute Gasteiger partial charge is 0.252 e. The van der Waals surface area contributed by atoms with Gasteiger partial charge in [-0.1, -0.05) is 27.7 Å². The van der Waals surface area contributed by atoms with E-state index in [1.54, 1.807) is 18.2 Å². The summed E-state index contributed by atoms with van der Waals surface area (Å²) < 4.78 is 10.4. The molecule has 168 valence electrons. The van der Waals surface area contributed by atoms with Crippen LogP contribution in [0.1, 0.15) is 50.9 Å². The maximum atomic E-state index is 13.2. The Labute approximate surface area is 179 Å². The minimum atomic E-state index is -0.764. The Balaban J connectivity index is 3.02. The Morgan fingerprint density at radius 1 is 1.00 bits per heavy atom. The molecule has 2 N–H and O–H groups in total. The molecule has 0 radical (unpaired) electrons. The number of nitrogens with one attached hydrogen (secondary N) is 2. The topological polar surface area (TPSA) is 97.0 Å². The van der Waals surface area contributed by atoms with Crippen molar-refractivity contribution >= 4 is 17.7 Å². The molecule has 30 heavy (non-hydrogen) atoms. The van der Waals surface area contributed by atoms with Crippen molar-refractivity contribution in [3.8, 4) is 11.5 Å². The summed E-state index contributed by atoms with van der Waals surface area (Å²) in [6.07, 6.45) is 1.53. The van der Waals surface area contributed by atoms with Gasteiger partial charge in [-0.15, -0.1) is 0 Å². The lowest BCUT2D eigenvalue weighted by molar-refractivity contribution is -0.138. The van der Waals surface area contributed by atoms with Crippen molar-refractivity contribution in [3.05, 3.63) is 23.8 Å². The molecule has 0 saturated carbocycles. The summed E-state index contributed by atoms with van der Waals surface area (Å²) >= 11 is 0. The van der Waals surface area contributed by atoms with Gasteiger partial charge in [-0.3, -0.25) is 14.4 Å². The zero-order chi connectivity index (χ0) is 22.7. The van der Waals surface area contributed by atoms with Crippen molar-refractivity contribution in [3.63, 3.8) is 0 Å². The number of carbonyl (C=O) groups excluding carboxylic acids is 3. The first-order chi connectivity index (χ1) is 14.3. The number of ether oxygens (including phenoxy) is 2. The van der Waals surface area contributed by atoms with E-state index in [9.17, 15) is 14.4 Å². The largest absolute Gasteiger partial charge is 0.497 e. The van der Waals surface area contributed by atoms with Crippen LogP contribution in [0.15, 0.2) is 18.2 Å². The highest BCUT2D eigenvalue weighted by Gasteiger charge is 2.30. The lowest BCUT2D eigenvalue weighted by Gasteiger charge is -2.29. The molecule has 8 heteroatoms. The average molecular weight is 422 g/mol. The molecule has 0 heterocycles. The molecule has 0 spiro atoms. The third-order valence-corrected chi connectivity index (χ3v) is 4.54. The molecule has 1 aromatic carbocycles. The van der Waals surface area contributed by atoms with Gasteiger partial charge < -0.3 is 25.0 Å². The van der Waals surface area contributed by atoms with E-state index in [2.05, 4.69) is 10.6 Å². The minimum absolute atomic E-state index is 0.0290. The first-order valence-corrected chi connectivity index (χ1v) is 10.4. The first-order valence-electron chi connectivity index (χ1n) is 10.4. The lowest BCUT2D eigenvalue weighted by atomic mass is 10.0. The zero-order valence-corrected chi connectivity index (χ0v) is 18.9. The number of hydrogen-bond acceptors (Lipinski definition) is 5. The monoisotopic (exact) mass is 421 g/mol. The lowest BCUT2D eigenvalue weighted by Crippen LogP contribution is -2.53. The normalized spacial score (nSPS) is 11.6. The molecule has 0 aliphatic rings. The molecule has 1 atom stereocenters. The summed E-state index contributed by atoms with van der Waals surface area (Å²) in [6.45, 7) is 8.59. The van der Waals surface area contributed by atoms with Crippen molar-refractivity contribution in [1.29, 1.82) is 0 Å². The van der Waals surface area contributed by atoms with Crippen LogP contribution in [0.4, 0.5) is 0 Å². The predicted octanol–water partition coefficient (Wildman–Crippen LogP) is 2.22. The van der Waals surface area contributed by atoms with E-state index in [-0.39, 0.29) is 24.3 Å².